The van der Waals surface area contributed by atoms with Crippen molar-refractivity contribution in [1.82, 2.24) is 15.3 Å². The molecule has 2 aromatic heterocycles. The molecule has 0 bridgehead atoms. The van der Waals surface area contributed by atoms with Gasteiger partial charge in [0.15, 0.2) is 0 Å². The van der Waals surface area contributed by atoms with E-state index in [1.54, 1.807) is 12.3 Å². The molecule has 1 aliphatic rings. The van der Waals surface area contributed by atoms with Crippen LogP contribution >= 0.6 is 23.2 Å². The highest BCUT2D eigenvalue weighted by Gasteiger charge is 2.19. The number of carbonyl (C=O) groups is 1. The van der Waals surface area contributed by atoms with Crippen LogP contribution in [-0.2, 0) is 11.4 Å². The maximum absolute atomic E-state index is 11.5. The van der Waals surface area contributed by atoms with Crippen LogP contribution in [0.25, 0.3) is 16.6 Å². The molecule has 0 radical (unpaired) electrons. The number of aryl methyl sites for hydroxylation is 1. The number of aliphatic imine (C=N–C) groups is 1. The molecule has 1 atom stereocenters. The number of rotatable bonds is 6. The second-order valence-corrected chi connectivity index (χ2v) is 8.46. The van der Waals surface area contributed by atoms with Crippen molar-refractivity contribution in [3.8, 4) is 5.75 Å². The van der Waals surface area contributed by atoms with Crippen molar-refractivity contribution in [2.75, 3.05) is 0 Å². The van der Waals surface area contributed by atoms with Gasteiger partial charge in [-0.3, -0.25) is 14.8 Å². The van der Waals surface area contributed by atoms with E-state index in [1.165, 1.54) is 6.92 Å². The second-order valence-electron chi connectivity index (χ2n) is 7.60. The molecule has 4 rings (SSSR count). The number of nitrogens with one attached hydrogen (secondary N) is 1. The zero-order valence-electron chi connectivity index (χ0n) is 17.9. The topological polar surface area (TPSA) is 76.5 Å². The number of fused-ring (bicyclic) bond motifs is 1. The monoisotopic (exact) mass is 468 g/mol. The predicted octanol–water partition coefficient (Wildman–Crippen LogP) is 5.75. The molecule has 0 fully saturated rings. The number of carbonyl (C=O) groups excluding carboxylic acids is 1. The summed E-state index contributed by atoms with van der Waals surface area (Å²) >= 11 is 12.9. The van der Waals surface area contributed by atoms with E-state index in [0.29, 0.717) is 33.5 Å². The van der Waals surface area contributed by atoms with Gasteiger partial charge in [0.05, 0.1) is 22.5 Å². The fourth-order valence-electron chi connectivity index (χ4n) is 3.79. The smallest absolute Gasteiger partial charge is 0.217 e. The maximum Gasteiger partial charge on any atom is 0.217 e. The van der Waals surface area contributed by atoms with Gasteiger partial charge in [-0.15, -0.1) is 0 Å². The number of ether oxygens (including phenoxy) is 1. The van der Waals surface area contributed by atoms with Crippen molar-refractivity contribution < 1.29 is 9.53 Å². The third-order valence-corrected chi connectivity index (χ3v) is 5.85. The standard InChI is InChI=1S/C24H22Cl2N4O2/c1-13-11-17(23-20(26)8-10-28-23)16-5-4-6-21(24(16)29-13)32-12-18-19(25)7-9-27-22(18)14(2)30-15(3)31/h4-7,9-11,14H,8,12H2,1-3H3,(H,30,31). The highest BCUT2D eigenvalue weighted by molar-refractivity contribution is 6.35. The number of pyridine rings is 2. The predicted molar refractivity (Wildman–Crippen MR) is 128 cm³/mol. The molecule has 164 valence electrons. The summed E-state index contributed by atoms with van der Waals surface area (Å²) in [7, 11) is 0. The van der Waals surface area contributed by atoms with Crippen molar-refractivity contribution >= 4 is 51.9 Å². The van der Waals surface area contributed by atoms with Crippen LogP contribution in [0.4, 0.5) is 0 Å². The average molecular weight is 469 g/mol. The highest BCUT2D eigenvalue weighted by atomic mass is 35.5. The zero-order chi connectivity index (χ0) is 22.8. The van der Waals surface area contributed by atoms with E-state index in [9.17, 15) is 4.79 Å². The van der Waals surface area contributed by atoms with Gasteiger partial charge in [0, 0.05) is 53.0 Å². The van der Waals surface area contributed by atoms with Gasteiger partial charge in [-0.25, -0.2) is 4.98 Å². The molecule has 0 spiro atoms. The summed E-state index contributed by atoms with van der Waals surface area (Å²) in [6.45, 7) is 5.43. The molecule has 32 heavy (non-hydrogen) atoms. The number of hydrogen-bond acceptors (Lipinski definition) is 5. The van der Waals surface area contributed by atoms with E-state index >= 15 is 0 Å². The molecule has 1 amide bonds. The Morgan fingerprint density at radius 1 is 1.28 bits per heavy atom. The molecule has 0 saturated heterocycles. The Labute approximate surface area is 196 Å². The summed E-state index contributed by atoms with van der Waals surface area (Å²) in [5, 5.41) is 4.99. The van der Waals surface area contributed by atoms with Crippen LogP contribution < -0.4 is 10.1 Å². The minimum absolute atomic E-state index is 0.144. The van der Waals surface area contributed by atoms with Gasteiger partial charge in [-0.05, 0) is 32.0 Å². The molecule has 6 nitrogen and oxygen atoms in total. The fourth-order valence-corrected chi connectivity index (χ4v) is 4.21. The van der Waals surface area contributed by atoms with Gasteiger partial charge in [-0.1, -0.05) is 35.3 Å². The number of aromatic nitrogens is 2. The minimum Gasteiger partial charge on any atom is -0.486 e. The first kappa shape index (κ1) is 22.2. The van der Waals surface area contributed by atoms with Crippen molar-refractivity contribution in [3.05, 3.63) is 69.1 Å². The fraction of sp³-hybridized carbons (Fsp3) is 0.250. The number of hydrogen-bond donors (Lipinski definition) is 1. The number of halogens is 2. The van der Waals surface area contributed by atoms with Gasteiger partial charge in [0.1, 0.15) is 17.9 Å². The van der Waals surface area contributed by atoms with Crippen LogP contribution in [0.5, 0.6) is 5.75 Å². The first-order chi connectivity index (χ1) is 15.3. The molecule has 1 N–H and O–H groups in total. The third-order valence-electron chi connectivity index (χ3n) is 5.17. The summed E-state index contributed by atoms with van der Waals surface area (Å²) in [6.07, 6.45) is 4.06. The van der Waals surface area contributed by atoms with Crippen molar-refractivity contribution in [2.45, 2.75) is 39.8 Å². The Bertz CT molecular complexity index is 1270. The highest BCUT2D eigenvalue weighted by Crippen LogP contribution is 2.36. The molecule has 8 heteroatoms. The number of nitrogens with zero attached hydrogens (tertiary/aromatic N) is 3. The quantitative estimate of drug-likeness (QED) is 0.499. The Morgan fingerprint density at radius 3 is 2.81 bits per heavy atom. The lowest BCUT2D eigenvalue weighted by Gasteiger charge is -2.18. The first-order valence-electron chi connectivity index (χ1n) is 10.2. The van der Waals surface area contributed by atoms with Crippen LogP contribution in [0, 0.1) is 6.92 Å². The van der Waals surface area contributed by atoms with Crippen molar-refractivity contribution in [3.63, 3.8) is 0 Å². The summed E-state index contributed by atoms with van der Waals surface area (Å²) in [4.78, 5) is 25.1. The van der Waals surface area contributed by atoms with Gasteiger partial charge in [-0.2, -0.15) is 0 Å². The Hall–Kier alpha value is -2.96. The van der Waals surface area contributed by atoms with E-state index in [0.717, 1.165) is 27.9 Å². The lowest BCUT2D eigenvalue weighted by Crippen LogP contribution is -2.25. The van der Waals surface area contributed by atoms with E-state index in [2.05, 4.69) is 15.3 Å². The molecular formula is C24H22Cl2N4O2. The maximum atomic E-state index is 11.5. The summed E-state index contributed by atoms with van der Waals surface area (Å²) in [5.74, 6) is 0.471. The van der Waals surface area contributed by atoms with Gasteiger partial charge >= 0.3 is 0 Å². The number of amides is 1. The molecule has 1 aromatic carbocycles. The van der Waals surface area contributed by atoms with Gasteiger partial charge in [0.25, 0.3) is 0 Å². The molecule has 3 heterocycles. The van der Waals surface area contributed by atoms with E-state index in [4.69, 9.17) is 32.9 Å². The number of benzene rings is 1. The zero-order valence-corrected chi connectivity index (χ0v) is 19.5. The third kappa shape index (κ3) is 4.47. The second kappa shape index (κ2) is 9.27. The number of para-hydroxylation sites is 1. The lowest BCUT2D eigenvalue weighted by molar-refractivity contribution is -0.119. The largest absolute Gasteiger partial charge is 0.486 e. The summed E-state index contributed by atoms with van der Waals surface area (Å²) < 4.78 is 6.19. The van der Waals surface area contributed by atoms with Crippen LogP contribution in [0.1, 0.15) is 48.8 Å². The van der Waals surface area contributed by atoms with Crippen LogP contribution in [0.15, 0.2) is 46.6 Å². The summed E-state index contributed by atoms with van der Waals surface area (Å²) in [6, 6.07) is 9.15. The SMILES string of the molecule is CC(=O)NC(C)c1nccc(Cl)c1COc1cccc2c(C3=C(Cl)CC=N3)cc(C)nc12. The first-order valence-corrected chi connectivity index (χ1v) is 11.0. The Balaban J connectivity index is 1.72. The molecule has 0 aliphatic carbocycles. The molecule has 0 saturated carbocycles. The van der Waals surface area contributed by atoms with E-state index < -0.39 is 0 Å². The Kier molecular flexibility index (Phi) is 6.44. The van der Waals surface area contributed by atoms with Crippen LogP contribution in [0.3, 0.4) is 0 Å². The Morgan fingerprint density at radius 2 is 2.09 bits per heavy atom. The van der Waals surface area contributed by atoms with E-state index in [1.807, 2.05) is 44.3 Å². The van der Waals surface area contributed by atoms with Crippen molar-refractivity contribution in [1.29, 1.82) is 0 Å². The van der Waals surface area contributed by atoms with Gasteiger partial charge in [0.2, 0.25) is 5.91 Å². The average Bonchev–Trinajstić information content (AvgIpc) is 3.17. The van der Waals surface area contributed by atoms with Crippen molar-refractivity contribution in [2.24, 2.45) is 4.99 Å². The molecular weight excluding hydrogens is 447 g/mol. The lowest BCUT2D eigenvalue weighted by atomic mass is 10.0. The molecule has 3 aromatic rings. The van der Waals surface area contributed by atoms with Gasteiger partial charge < -0.3 is 10.1 Å². The molecule has 1 aliphatic heterocycles. The van der Waals surface area contributed by atoms with E-state index in [-0.39, 0.29) is 18.6 Å². The molecule has 1 unspecified atom stereocenters. The van der Waals surface area contributed by atoms with Crippen LogP contribution in [0.2, 0.25) is 5.02 Å². The summed E-state index contributed by atoms with van der Waals surface area (Å²) in [5.41, 5.74) is 4.62. The number of allylic oxidation sites excluding steroid dienone is 1. The van der Waals surface area contributed by atoms with Crippen LogP contribution in [-0.4, -0.2) is 22.1 Å². The normalized spacial score (nSPS) is 14.2. The minimum atomic E-state index is -0.307.